The minimum Gasteiger partial charge on any atom is -0.332 e. The molecule has 0 aliphatic carbocycles. The summed E-state index contributed by atoms with van der Waals surface area (Å²) in [5, 5.41) is 4.15. The average Bonchev–Trinajstić information content (AvgIpc) is 3.23. The molecule has 0 amide bonds. The number of allylic oxidation sites excluding steroid dienone is 3. The summed E-state index contributed by atoms with van der Waals surface area (Å²) < 4.78 is 39.3. The van der Waals surface area contributed by atoms with E-state index < -0.39 is 11.7 Å². The molecule has 0 aromatic heterocycles. The predicted octanol–water partition coefficient (Wildman–Crippen LogP) is 7.71. The van der Waals surface area contributed by atoms with E-state index in [2.05, 4.69) is 37.4 Å². The highest BCUT2D eigenvalue weighted by Gasteiger charge is 2.33. The number of thioether (sulfide) groups is 1. The van der Waals surface area contributed by atoms with Gasteiger partial charge in [0.05, 0.1) is 17.4 Å². The van der Waals surface area contributed by atoms with Gasteiger partial charge >= 0.3 is 6.18 Å². The molecule has 0 radical (unpaired) electrons. The largest absolute Gasteiger partial charge is 0.416 e. The number of halogens is 3. The minimum atomic E-state index is -4.41. The van der Waals surface area contributed by atoms with Crippen LogP contribution in [0.25, 0.3) is 0 Å². The van der Waals surface area contributed by atoms with Gasteiger partial charge in [-0.2, -0.15) is 13.2 Å². The Morgan fingerprint density at radius 1 is 1.15 bits per heavy atom. The summed E-state index contributed by atoms with van der Waals surface area (Å²) in [6.45, 7) is 5.41. The summed E-state index contributed by atoms with van der Waals surface area (Å²) in [5.41, 5.74) is 0.724. The van der Waals surface area contributed by atoms with E-state index in [9.17, 15) is 13.2 Å². The van der Waals surface area contributed by atoms with Crippen molar-refractivity contribution < 1.29 is 13.2 Å². The van der Waals surface area contributed by atoms with Crippen molar-refractivity contribution in [2.24, 2.45) is 10.9 Å². The third kappa shape index (κ3) is 7.74. The minimum absolute atomic E-state index is 0.121. The Bertz CT molecular complexity index is 1050. The van der Waals surface area contributed by atoms with Gasteiger partial charge in [0.2, 0.25) is 0 Å². The van der Waals surface area contributed by atoms with E-state index >= 15 is 0 Å². The Hall–Kier alpha value is -2.58. The van der Waals surface area contributed by atoms with E-state index in [1.54, 1.807) is 17.8 Å². The fraction of sp³-hybridized carbons (Fsp3) is 0.308. The standard InChI is InChI=1S/C26H28F3N3S2/c1-19(2)11-6-3-4-9-16-30-25-32(18-23(34-25)20-12-7-5-8-13-20)24(33)31-22-15-10-14-21(17-22)26(27,28)29/h3-10,12-15,17,19,23H,11,16,18H2,1-2H3,(H,31,33)/b6-3+,9-4+,30-25+. The first-order chi connectivity index (χ1) is 16.2. The second kappa shape index (κ2) is 12.2. The molecular weight excluding hydrogens is 475 g/mol. The third-order valence-corrected chi connectivity index (χ3v) is 6.60. The quantitative estimate of drug-likeness (QED) is 0.309. The van der Waals surface area contributed by atoms with Gasteiger partial charge < -0.3 is 5.32 Å². The molecule has 1 atom stereocenters. The number of nitrogens with one attached hydrogen (secondary N) is 1. The molecule has 34 heavy (non-hydrogen) atoms. The van der Waals surface area contributed by atoms with Gasteiger partial charge in [0.25, 0.3) is 0 Å². The molecule has 8 heteroatoms. The molecule has 3 nitrogen and oxygen atoms in total. The number of hydrogen-bond donors (Lipinski definition) is 1. The van der Waals surface area contributed by atoms with Gasteiger partial charge in [-0.15, -0.1) is 0 Å². The Balaban J connectivity index is 1.74. The van der Waals surface area contributed by atoms with Gasteiger partial charge in [-0.3, -0.25) is 9.89 Å². The highest BCUT2D eigenvalue weighted by atomic mass is 32.2. The number of alkyl halides is 3. The normalized spacial score (nSPS) is 18.0. The molecule has 1 N–H and O–H groups in total. The zero-order chi connectivity index (χ0) is 24.6. The van der Waals surface area contributed by atoms with E-state index in [1.165, 1.54) is 6.07 Å². The molecule has 1 heterocycles. The molecule has 0 spiro atoms. The Labute approximate surface area is 208 Å². The zero-order valence-electron chi connectivity index (χ0n) is 19.1. The summed E-state index contributed by atoms with van der Waals surface area (Å²) in [4.78, 5) is 6.57. The maximum absolute atomic E-state index is 13.1. The van der Waals surface area contributed by atoms with Crippen molar-refractivity contribution in [2.45, 2.75) is 31.7 Å². The molecule has 3 rings (SSSR count). The third-order valence-electron chi connectivity index (χ3n) is 5.01. The van der Waals surface area contributed by atoms with Crippen molar-refractivity contribution in [1.82, 2.24) is 4.90 Å². The SMILES string of the molecule is CC(C)C/C=C/C=C/C/N=C1/SC(c2ccccc2)CN1C(=S)Nc1cccc(C(F)(F)F)c1. The monoisotopic (exact) mass is 503 g/mol. The lowest BCUT2D eigenvalue weighted by Gasteiger charge is -2.21. The lowest BCUT2D eigenvalue weighted by molar-refractivity contribution is -0.137. The van der Waals surface area contributed by atoms with Gasteiger partial charge in [-0.25, -0.2) is 0 Å². The molecular formula is C26H28F3N3S2. The Kier molecular flexibility index (Phi) is 9.36. The van der Waals surface area contributed by atoms with Crippen LogP contribution in [-0.2, 0) is 6.18 Å². The number of nitrogens with zero attached hydrogens (tertiary/aromatic N) is 2. The van der Waals surface area contributed by atoms with Crippen LogP contribution in [-0.4, -0.2) is 28.3 Å². The predicted molar refractivity (Wildman–Crippen MR) is 141 cm³/mol. The van der Waals surface area contributed by atoms with E-state index in [0.29, 0.717) is 29.8 Å². The second-order valence-corrected chi connectivity index (χ2v) is 9.80. The van der Waals surface area contributed by atoms with Crippen LogP contribution in [0.1, 0.15) is 36.6 Å². The van der Waals surface area contributed by atoms with E-state index in [1.807, 2.05) is 41.3 Å². The summed E-state index contributed by atoms with van der Waals surface area (Å²) in [7, 11) is 0. The molecule has 2 aromatic carbocycles. The van der Waals surface area contributed by atoms with Gasteiger partial charge in [0, 0.05) is 12.2 Å². The van der Waals surface area contributed by atoms with E-state index in [4.69, 9.17) is 17.2 Å². The van der Waals surface area contributed by atoms with Crippen molar-refractivity contribution >= 4 is 39.9 Å². The van der Waals surface area contributed by atoms with Crippen LogP contribution in [0.15, 0.2) is 83.9 Å². The van der Waals surface area contributed by atoms with Crippen LogP contribution in [0.4, 0.5) is 18.9 Å². The number of aliphatic imine (C=N–C) groups is 1. The van der Waals surface area contributed by atoms with Crippen LogP contribution >= 0.6 is 24.0 Å². The van der Waals surface area contributed by atoms with E-state index in [0.717, 1.165) is 29.3 Å². The number of amidine groups is 1. The van der Waals surface area contributed by atoms with Crippen molar-refractivity contribution in [3.63, 3.8) is 0 Å². The fourth-order valence-corrected chi connectivity index (χ4v) is 4.82. The second-order valence-electron chi connectivity index (χ2n) is 8.25. The zero-order valence-corrected chi connectivity index (χ0v) is 20.8. The molecule has 2 aromatic rings. The molecule has 0 saturated carbocycles. The summed E-state index contributed by atoms with van der Waals surface area (Å²) in [6, 6.07) is 15.1. The highest BCUT2D eigenvalue weighted by Crippen LogP contribution is 2.38. The van der Waals surface area contributed by atoms with Crippen molar-refractivity contribution in [2.75, 3.05) is 18.4 Å². The molecule has 0 bridgehead atoms. The lowest BCUT2D eigenvalue weighted by atomic mass is 10.1. The maximum Gasteiger partial charge on any atom is 0.416 e. The molecule has 1 aliphatic rings. The van der Waals surface area contributed by atoms with Crippen LogP contribution in [0.2, 0.25) is 0 Å². The first-order valence-electron chi connectivity index (χ1n) is 11.1. The number of hydrogen-bond acceptors (Lipinski definition) is 3. The smallest absolute Gasteiger partial charge is 0.332 e. The molecule has 1 aliphatic heterocycles. The topological polar surface area (TPSA) is 27.6 Å². The molecule has 180 valence electrons. The first-order valence-corrected chi connectivity index (χ1v) is 12.4. The molecule has 1 fully saturated rings. The maximum atomic E-state index is 13.1. The fourth-order valence-electron chi connectivity index (χ4n) is 3.27. The Morgan fingerprint density at radius 3 is 2.59 bits per heavy atom. The number of rotatable bonds is 7. The summed E-state index contributed by atoms with van der Waals surface area (Å²) >= 11 is 7.19. The summed E-state index contributed by atoms with van der Waals surface area (Å²) in [5.74, 6) is 0.619. The number of anilines is 1. The summed E-state index contributed by atoms with van der Waals surface area (Å²) in [6.07, 6.45) is 4.71. The average molecular weight is 504 g/mol. The van der Waals surface area contributed by atoms with Crippen LogP contribution < -0.4 is 5.32 Å². The van der Waals surface area contributed by atoms with Crippen LogP contribution in [0.5, 0.6) is 0 Å². The first kappa shape index (κ1) is 26.0. The van der Waals surface area contributed by atoms with Gasteiger partial charge in [-0.1, -0.05) is 86.3 Å². The van der Waals surface area contributed by atoms with Crippen molar-refractivity contribution in [3.05, 3.63) is 90.0 Å². The van der Waals surface area contributed by atoms with E-state index in [-0.39, 0.29) is 5.25 Å². The van der Waals surface area contributed by atoms with Gasteiger partial charge in [0.15, 0.2) is 10.3 Å². The van der Waals surface area contributed by atoms with Crippen molar-refractivity contribution in [3.8, 4) is 0 Å². The Morgan fingerprint density at radius 2 is 1.88 bits per heavy atom. The van der Waals surface area contributed by atoms with Crippen molar-refractivity contribution in [1.29, 1.82) is 0 Å². The molecule has 1 unspecified atom stereocenters. The number of benzene rings is 2. The van der Waals surface area contributed by atoms with Gasteiger partial charge in [0.1, 0.15) is 0 Å². The van der Waals surface area contributed by atoms with Crippen LogP contribution in [0.3, 0.4) is 0 Å². The highest BCUT2D eigenvalue weighted by molar-refractivity contribution is 8.14. The lowest BCUT2D eigenvalue weighted by Crippen LogP contribution is -2.35. The number of thiocarbonyl (C=S) groups is 1. The van der Waals surface area contributed by atoms with Gasteiger partial charge in [-0.05, 0) is 48.3 Å². The molecule has 1 saturated heterocycles. The van der Waals surface area contributed by atoms with Crippen LogP contribution in [0, 0.1) is 5.92 Å².